The van der Waals surface area contributed by atoms with Gasteiger partial charge in [-0.25, -0.2) is 0 Å². The van der Waals surface area contributed by atoms with Gasteiger partial charge in [0.15, 0.2) is 11.3 Å². The maximum absolute atomic E-state index is 10.4. The van der Waals surface area contributed by atoms with Crippen molar-refractivity contribution >= 4 is 11.0 Å². The van der Waals surface area contributed by atoms with Gasteiger partial charge in [-0.05, 0) is 44.7 Å². The molecule has 1 heterocycles. The Morgan fingerprint density at radius 2 is 2.04 bits per heavy atom. The smallest absolute Gasteiger partial charge is 0.176 e. The minimum atomic E-state index is -0.238. The van der Waals surface area contributed by atoms with E-state index in [1.54, 1.807) is 0 Å². The van der Waals surface area contributed by atoms with Gasteiger partial charge in [-0.2, -0.15) is 0 Å². The summed E-state index contributed by atoms with van der Waals surface area (Å²) in [6.45, 7) is 9.70. The maximum atomic E-state index is 10.4. The Kier molecular flexibility index (Phi) is 4.88. The summed E-state index contributed by atoms with van der Waals surface area (Å²) in [5.41, 5.74) is 0.858. The lowest BCUT2D eigenvalue weighted by Gasteiger charge is -2.27. The molecule has 2 atom stereocenters. The van der Waals surface area contributed by atoms with Crippen molar-refractivity contribution in [2.24, 2.45) is 11.3 Å². The number of nitrogens with one attached hydrogen (secondary N) is 1. The molecule has 0 saturated heterocycles. The van der Waals surface area contributed by atoms with E-state index in [0.29, 0.717) is 12.5 Å². The monoisotopic (exact) mass is 331 g/mol. The first-order valence-electron chi connectivity index (χ1n) is 9.03. The number of para-hydroxylation sites is 1. The van der Waals surface area contributed by atoms with E-state index in [1.165, 1.54) is 0 Å². The Bertz CT molecular complexity index is 687. The lowest BCUT2D eigenvalue weighted by Crippen LogP contribution is -2.37. The van der Waals surface area contributed by atoms with Crippen LogP contribution in [0.5, 0.6) is 5.75 Å². The Balaban J connectivity index is 1.70. The summed E-state index contributed by atoms with van der Waals surface area (Å²) in [5.74, 6) is 2.00. The minimum absolute atomic E-state index is 0.0466. The van der Waals surface area contributed by atoms with E-state index in [0.717, 1.165) is 41.9 Å². The Morgan fingerprint density at radius 3 is 2.67 bits per heavy atom. The molecule has 0 radical (unpaired) electrons. The van der Waals surface area contributed by atoms with Crippen LogP contribution >= 0.6 is 0 Å². The van der Waals surface area contributed by atoms with Crippen LogP contribution in [0, 0.1) is 11.3 Å². The molecule has 1 aliphatic rings. The standard InChI is InChI=1S/C20H29NO3/c1-5-23-16-8-6-7-15-11-17(24-18(15)16)14(4)21-12-20(9-10-20)19(22)13(2)3/h6-8,11,13-14,19,21-22H,5,9-10,12H2,1-4H3/t14-,19+/m1/s1. The zero-order valence-corrected chi connectivity index (χ0v) is 15.1. The third kappa shape index (κ3) is 3.31. The molecule has 0 aliphatic heterocycles. The molecular weight excluding hydrogens is 302 g/mol. The van der Waals surface area contributed by atoms with Crippen LogP contribution in [0.2, 0.25) is 0 Å². The second-order valence-electron chi connectivity index (χ2n) is 7.41. The van der Waals surface area contributed by atoms with Crippen molar-refractivity contribution < 1.29 is 14.3 Å². The van der Waals surface area contributed by atoms with Gasteiger partial charge in [0.05, 0.1) is 18.8 Å². The average Bonchev–Trinajstić information content (AvgIpc) is 3.22. The van der Waals surface area contributed by atoms with E-state index in [4.69, 9.17) is 9.15 Å². The van der Waals surface area contributed by atoms with E-state index in [1.807, 2.05) is 25.1 Å². The highest BCUT2D eigenvalue weighted by atomic mass is 16.5. The largest absolute Gasteiger partial charge is 0.490 e. The molecule has 132 valence electrons. The van der Waals surface area contributed by atoms with Crippen LogP contribution in [-0.4, -0.2) is 24.4 Å². The topological polar surface area (TPSA) is 54.6 Å². The summed E-state index contributed by atoms with van der Waals surface area (Å²) >= 11 is 0. The highest BCUT2D eigenvalue weighted by molar-refractivity contribution is 5.83. The molecule has 3 rings (SSSR count). The molecule has 0 bridgehead atoms. The number of ether oxygens (including phenoxy) is 1. The predicted molar refractivity (Wildman–Crippen MR) is 96.3 cm³/mol. The highest BCUT2D eigenvalue weighted by Crippen LogP contribution is 2.50. The molecule has 0 unspecified atom stereocenters. The molecule has 0 spiro atoms. The lowest BCUT2D eigenvalue weighted by atomic mass is 9.90. The Hall–Kier alpha value is -1.52. The normalized spacial score (nSPS) is 18.8. The zero-order chi connectivity index (χ0) is 17.3. The summed E-state index contributed by atoms with van der Waals surface area (Å²) in [7, 11) is 0. The number of benzene rings is 1. The molecule has 2 aromatic rings. The van der Waals surface area contributed by atoms with Crippen molar-refractivity contribution in [3.8, 4) is 5.75 Å². The second kappa shape index (κ2) is 6.77. The van der Waals surface area contributed by atoms with E-state index >= 15 is 0 Å². The van der Waals surface area contributed by atoms with Crippen LogP contribution < -0.4 is 10.1 Å². The second-order valence-corrected chi connectivity index (χ2v) is 7.41. The summed E-state index contributed by atoms with van der Waals surface area (Å²) in [4.78, 5) is 0. The van der Waals surface area contributed by atoms with Crippen molar-refractivity contribution in [1.29, 1.82) is 0 Å². The summed E-state index contributed by atoms with van der Waals surface area (Å²) in [6, 6.07) is 8.15. The zero-order valence-electron chi connectivity index (χ0n) is 15.1. The number of hydrogen-bond donors (Lipinski definition) is 2. The van der Waals surface area contributed by atoms with Crippen molar-refractivity contribution in [3.63, 3.8) is 0 Å². The molecule has 1 aliphatic carbocycles. The fourth-order valence-electron chi connectivity index (χ4n) is 3.44. The van der Waals surface area contributed by atoms with Gasteiger partial charge < -0.3 is 19.6 Å². The van der Waals surface area contributed by atoms with Crippen molar-refractivity contribution in [3.05, 3.63) is 30.0 Å². The predicted octanol–water partition coefficient (Wildman–Crippen LogP) is 4.28. The SMILES string of the molecule is CCOc1cccc2cc([C@@H](C)NCC3([C@@H](O)C(C)C)CC3)oc12. The molecule has 1 saturated carbocycles. The third-order valence-electron chi connectivity index (χ3n) is 5.17. The molecule has 1 aromatic carbocycles. The van der Waals surface area contributed by atoms with Gasteiger partial charge in [0.25, 0.3) is 0 Å². The first kappa shape index (κ1) is 17.3. The minimum Gasteiger partial charge on any atom is -0.490 e. The van der Waals surface area contributed by atoms with E-state index in [-0.39, 0.29) is 17.6 Å². The maximum Gasteiger partial charge on any atom is 0.176 e. The number of fused-ring (bicyclic) bond motifs is 1. The number of hydrogen-bond acceptors (Lipinski definition) is 4. The Morgan fingerprint density at radius 1 is 1.29 bits per heavy atom. The molecule has 0 amide bonds. The van der Waals surface area contributed by atoms with Gasteiger partial charge in [0.2, 0.25) is 0 Å². The van der Waals surface area contributed by atoms with Gasteiger partial charge in [0.1, 0.15) is 5.76 Å². The van der Waals surface area contributed by atoms with E-state index in [9.17, 15) is 5.11 Å². The molecule has 24 heavy (non-hydrogen) atoms. The van der Waals surface area contributed by atoms with Crippen LogP contribution in [0.15, 0.2) is 28.7 Å². The van der Waals surface area contributed by atoms with E-state index < -0.39 is 0 Å². The fraction of sp³-hybridized carbons (Fsp3) is 0.600. The quantitative estimate of drug-likeness (QED) is 0.758. The highest BCUT2D eigenvalue weighted by Gasteiger charge is 2.49. The van der Waals surface area contributed by atoms with Crippen molar-refractivity contribution in [1.82, 2.24) is 5.32 Å². The molecule has 4 nitrogen and oxygen atoms in total. The van der Waals surface area contributed by atoms with Crippen LogP contribution in [0.1, 0.15) is 52.3 Å². The molecule has 2 N–H and O–H groups in total. The molecule has 1 fully saturated rings. The number of aliphatic hydroxyl groups excluding tert-OH is 1. The third-order valence-corrected chi connectivity index (χ3v) is 5.17. The number of rotatable bonds is 8. The van der Waals surface area contributed by atoms with Gasteiger partial charge in [0, 0.05) is 17.3 Å². The van der Waals surface area contributed by atoms with Crippen LogP contribution in [0.4, 0.5) is 0 Å². The summed E-state index contributed by atoms with van der Waals surface area (Å²) in [5, 5.41) is 15.0. The van der Waals surface area contributed by atoms with Gasteiger partial charge in [-0.3, -0.25) is 0 Å². The van der Waals surface area contributed by atoms with Crippen LogP contribution in [-0.2, 0) is 0 Å². The van der Waals surface area contributed by atoms with Crippen molar-refractivity contribution in [2.75, 3.05) is 13.2 Å². The first-order valence-corrected chi connectivity index (χ1v) is 9.03. The Labute approximate surface area is 144 Å². The number of aliphatic hydroxyl groups is 1. The van der Waals surface area contributed by atoms with Gasteiger partial charge in [-0.1, -0.05) is 26.0 Å². The summed E-state index contributed by atoms with van der Waals surface area (Å²) in [6.07, 6.45) is 1.96. The van der Waals surface area contributed by atoms with E-state index in [2.05, 4.69) is 32.2 Å². The average molecular weight is 331 g/mol. The van der Waals surface area contributed by atoms with Crippen molar-refractivity contribution in [2.45, 2.75) is 52.7 Å². The first-order chi connectivity index (χ1) is 11.5. The summed E-state index contributed by atoms with van der Waals surface area (Å²) < 4.78 is 11.7. The number of furan rings is 1. The molecular formula is C20H29NO3. The van der Waals surface area contributed by atoms with Gasteiger partial charge in [-0.15, -0.1) is 0 Å². The van der Waals surface area contributed by atoms with Crippen LogP contribution in [0.25, 0.3) is 11.0 Å². The molecule has 4 heteroatoms. The van der Waals surface area contributed by atoms with Gasteiger partial charge >= 0.3 is 0 Å². The fourth-order valence-corrected chi connectivity index (χ4v) is 3.44. The molecule has 1 aromatic heterocycles. The lowest BCUT2D eigenvalue weighted by molar-refractivity contribution is 0.0488. The van der Waals surface area contributed by atoms with Crippen LogP contribution in [0.3, 0.4) is 0 Å².